The van der Waals surface area contributed by atoms with Crippen molar-refractivity contribution >= 4 is 33.0 Å². The lowest BCUT2D eigenvalue weighted by Gasteiger charge is -2.31. The van der Waals surface area contributed by atoms with E-state index in [0.717, 1.165) is 31.5 Å². The van der Waals surface area contributed by atoms with Crippen LogP contribution < -0.4 is 4.72 Å². The molecule has 1 aliphatic rings. The van der Waals surface area contributed by atoms with Crippen molar-refractivity contribution in [2.24, 2.45) is 0 Å². The first-order chi connectivity index (χ1) is 13.5. The molecule has 0 bridgehead atoms. The fraction of sp³-hybridized carbons (Fsp3) is 0.333. The summed E-state index contributed by atoms with van der Waals surface area (Å²) in [5, 5.41) is 6.45. The maximum Gasteiger partial charge on any atom is 0.250 e. The van der Waals surface area contributed by atoms with Gasteiger partial charge in [0.15, 0.2) is 0 Å². The molecule has 28 heavy (non-hydrogen) atoms. The van der Waals surface area contributed by atoms with Crippen LogP contribution in [0.2, 0.25) is 5.02 Å². The first-order valence-corrected chi connectivity index (χ1v) is 11.6. The average Bonchev–Trinajstić information content (AvgIpc) is 3.36. The number of nitrogens with zero attached hydrogens (tertiary/aromatic N) is 3. The van der Waals surface area contributed by atoms with Crippen LogP contribution >= 0.6 is 22.9 Å². The Balaban J connectivity index is 1.31. The van der Waals surface area contributed by atoms with Crippen LogP contribution in [0.25, 0.3) is 11.4 Å². The van der Waals surface area contributed by atoms with Crippen LogP contribution in [-0.2, 0) is 16.6 Å². The first kappa shape index (κ1) is 19.5. The molecule has 10 heteroatoms. The van der Waals surface area contributed by atoms with Gasteiger partial charge in [0.25, 0.3) is 0 Å². The van der Waals surface area contributed by atoms with E-state index in [0.29, 0.717) is 27.5 Å². The number of nitrogens with one attached hydrogen (secondary N) is 1. The highest BCUT2D eigenvalue weighted by molar-refractivity contribution is 7.91. The molecule has 0 unspecified atom stereocenters. The molecule has 0 radical (unpaired) electrons. The lowest BCUT2D eigenvalue weighted by molar-refractivity contribution is 0.177. The zero-order valence-electron chi connectivity index (χ0n) is 14.9. The van der Waals surface area contributed by atoms with Gasteiger partial charge in [-0.25, -0.2) is 13.1 Å². The molecule has 3 aromatic rings. The molecular formula is C18H19ClN4O3S2. The Labute approximate surface area is 172 Å². The Kier molecular flexibility index (Phi) is 5.79. The van der Waals surface area contributed by atoms with E-state index in [9.17, 15) is 8.42 Å². The Morgan fingerprint density at radius 2 is 1.96 bits per heavy atom. The summed E-state index contributed by atoms with van der Waals surface area (Å²) in [5.41, 5.74) is 0.848. The molecule has 2 aromatic heterocycles. The van der Waals surface area contributed by atoms with Gasteiger partial charge in [0.2, 0.25) is 21.7 Å². The molecule has 148 valence electrons. The highest BCUT2D eigenvalue weighted by Gasteiger charge is 2.26. The van der Waals surface area contributed by atoms with Gasteiger partial charge in [-0.3, -0.25) is 4.90 Å². The van der Waals surface area contributed by atoms with Crippen molar-refractivity contribution in [1.29, 1.82) is 0 Å². The average molecular weight is 439 g/mol. The second kappa shape index (κ2) is 8.30. The fourth-order valence-electron chi connectivity index (χ4n) is 3.13. The minimum atomic E-state index is -3.42. The van der Waals surface area contributed by atoms with Crippen molar-refractivity contribution < 1.29 is 12.9 Å². The lowest BCUT2D eigenvalue weighted by atomic mass is 10.1. The van der Waals surface area contributed by atoms with Gasteiger partial charge in [0.05, 0.1) is 6.54 Å². The maximum atomic E-state index is 12.3. The van der Waals surface area contributed by atoms with E-state index in [1.165, 1.54) is 11.3 Å². The molecule has 7 nitrogen and oxygen atoms in total. The summed E-state index contributed by atoms with van der Waals surface area (Å²) in [6, 6.07) is 10.6. The van der Waals surface area contributed by atoms with E-state index in [2.05, 4.69) is 19.8 Å². The third kappa shape index (κ3) is 4.61. The van der Waals surface area contributed by atoms with Gasteiger partial charge < -0.3 is 4.52 Å². The number of thiophene rings is 1. The molecule has 0 saturated carbocycles. The van der Waals surface area contributed by atoms with Crippen LogP contribution in [0, 0.1) is 0 Å². The van der Waals surface area contributed by atoms with Crippen LogP contribution in [0.15, 0.2) is 50.5 Å². The van der Waals surface area contributed by atoms with Crippen molar-refractivity contribution in [3.05, 3.63) is 52.7 Å². The second-order valence-corrected chi connectivity index (χ2v) is 9.95. The van der Waals surface area contributed by atoms with Crippen LogP contribution in [0.5, 0.6) is 0 Å². The predicted octanol–water partition coefficient (Wildman–Crippen LogP) is 3.39. The van der Waals surface area contributed by atoms with Crippen LogP contribution in [-0.4, -0.2) is 42.6 Å². The fourth-order valence-corrected chi connectivity index (χ4v) is 5.57. The van der Waals surface area contributed by atoms with E-state index in [1.54, 1.807) is 29.6 Å². The number of aromatic nitrogens is 2. The highest BCUT2D eigenvalue weighted by atomic mass is 35.5. The van der Waals surface area contributed by atoms with E-state index in [-0.39, 0.29) is 6.04 Å². The number of halogens is 1. The van der Waals surface area contributed by atoms with Crippen molar-refractivity contribution in [3.8, 4) is 11.4 Å². The number of benzene rings is 1. The van der Waals surface area contributed by atoms with Gasteiger partial charge in [-0.15, -0.1) is 11.3 Å². The van der Waals surface area contributed by atoms with Crippen LogP contribution in [0.4, 0.5) is 0 Å². The Morgan fingerprint density at radius 3 is 2.64 bits per heavy atom. The molecule has 3 heterocycles. The van der Waals surface area contributed by atoms with Crippen LogP contribution in [0.3, 0.4) is 0 Å². The summed E-state index contributed by atoms with van der Waals surface area (Å²) < 4.78 is 33.2. The van der Waals surface area contributed by atoms with Crippen molar-refractivity contribution in [2.45, 2.75) is 29.6 Å². The van der Waals surface area contributed by atoms with Gasteiger partial charge in [0.1, 0.15) is 4.21 Å². The minimum absolute atomic E-state index is 0.0596. The molecule has 1 fully saturated rings. The first-order valence-electron chi connectivity index (χ1n) is 8.86. The molecule has 0 aliphatic carbocycles. The molecule has 0 spiro atoms. The third-order valence-corrected chi connectivity index (χ3v) is 7.77. The molecule has 1 saturated heterocycles. The number of piperidine rings is 1. The summed E-state index contributed by atoms with van der Waals surface area (Å²) in [4.78, 5) is 6.63. The topological polar surface area (TPSA) is 88.3 Å². The SMILES string of the molecule is O=S(=O)(NC1CCN(Cc2nc(-c3ccc(Cl)cc3)no2)CC1)c1cccs1. The molecule has 0 atom stereocenters. The Morgan fingerprint density at radius 1 is 1.21 bits per heavy atom. The maximum absolute atomic E-state index is 12.3. The van der Waals surface area contributed by atoms with Crippen molar-refractivity contribution in [1.82, 2.24) is 19.8 Å². The standard InChI is InChI=1S/C18H19ClN4O3S2/c19-14-5-3-13(4-6-14)18-20-16(26-21-18)12-23-9-7-15(8-10-23)22-28(24,25)17-2-1-11-27-17/h1-6,11,15,22H,7-10,12H2. The molecule has 4 rings (SSSR count). The molecule has 1 aliphatic heterocycles. The van der Waals surface area contributed by atoms with Gasteiger partial charge in [0, 0.05) is 29.7 Å². The largest absolute Gasteiger partial charge is 0.338 e. The van der Waals surface area contributed by atoms with E-state index in [4.69, 9.17) is 16.1 Å². The number of sulfonamides is 1. The van der Waals surface area contributed by atoms with Gasteiger partial charge in [-0.2, -0.15) is 4.98 Å². The highest BCUT2D eigenvalue weighted by Crippen LogP contribution is 2.21. The van der Waals surface area contributed by atoms with E-state index in [1.807, 2.05) is 12.1 Å². The quantitative estimate of drug-likeness (QED) is 0.634. The van der Waals surface area contributed by atoms with E-state index >= 15 is 0 Å². The predicted molar refractivity (Wildman–Crippen MR) is 108 cm³/mol. The van der Waals surface area contributed by atoms with Crippen molar-refractivity contribution in [3.63, 3.8) is 0 Å². The number of hydrogen-bond acceptors (Lipinski definition) is 7. The second-order valence-electron chi connectivity index (χ2n) is 6.62. The molecule has 1 aromatic carbocycles. The van der Waals surface area contributed by atoms with Gasteiger partial charge in [-0.05, 0) is 48.6 Å². The smallest absolute Gasteiger partial charge is 0.250 e. The number of likely N-dealkylation sites (tertiary alicyclic amines) is 1. The van der Waals surface area contributed by atoms with E-state index < -0.39 is 10.0 Å². The van der Waals surface area contributed by atoms with Gasteiger partial charge in [-0.1, -0.05) is 22.8 Å². The lowest BCUT2D eigenvalue weighted by Crippen LogP contribution is -2.44. The molecular weight excluding hydrogens is 420 g/mol. The monoisotopic (exact) mass is 438 g/mol. The van der Waals surface area contributed by atoms with Crippen LogP contribution in [0.1, 0.15) is 18.7 Å². The summed E-state index contributed by atoms with van der Waals surface area (Å²) in [6.07, 6.45) is 1.48. The molecule has 0 amide bonds. The summed E-state index contributed by atoms with van der Waals surface area (Å²) >= 11 is 7.13. The van der Waals surface area contributed by atoms with Gasteiger partial charge >= 0.3 is 0 Å². The van der Waals surface area contributed by atoms with Crippen molar-refractivity contribution in [2.75, 3.05) is 13.1 Å². The Bertz CT molecular complexity index is 1010. The summed E-state index contributed by atoms with van der Waals surface area (Å²) in [5.74, 6) is 1.08. The molecule has 1 N–H and O–H groups in total. The zero-order valence-corrected chi connectivity index (χ0v) is 17.3. The zero-order chi connectivity index (χ0) is 19.6. The number of rotatable bonds is 6. The third-order valence-electron chi connectivity index (χ3n) is 4.60. The summed E-state index contributed by atoms with van der Waals surface area (Å²) in [7, 11) is -3.42. The minimum Gasteiger partial charge on any atom is -0.338 e. The normalized spacial score (nSPS) is 16.5. The summed E-state index contributed by atoms with van der Waals surface area (Å²) in [6.45, 7) is 2.07. The Hall–Kier alpha value is -1.78. The number of hydrogen-bond donors (Lipinski definition) is 1.